The Bertz CT molecular complexity index is 481. The fourth-order valence-corrected chi connectivity index (χ4v) is 2.46. The van der Waals surface area contributed by atoms with Crippen molar-refractivity contribution in [1.29, 1.82) is 0 Å². The summed E-state index contributed by atoms with van der Waals surface area (Å²) in [6, 6.07) is 5.11. The van der Waals surface area contributed by atoms with Gasteiger partial charge in [0.15, 0.2) is 9.84 Å². The molecule has 0 bridgehead atoms. The third-order valence-corrected chi connectivity index (χ3v) is 3.50. The van der Waals surface area contributed by atoms with Crippen LogP contribution < -0.4 is 0 Å². The zero-order valence-electron chi connectivity index (χ0n) is 8.88. The summed E-state index contributed by atoms with van der Waals surface area (Å²) in [5, 5.41) is 8.41. The lowest BCUT2D eigenvalue weighted by molar-refractivity contribution is -0.136. The second-order valence-corrected chi connectivity index (χ2v) is 5.69. The van der Waals surface area contributed by atoms with Crippen molar-refractivity contribution in [2.45, 2.75) is 19.1 Å². The second-order valence-electron chi connectivity index (χ2n) is 3.51. The molecule has 1 aromatic heterocycles. The molecule has 1 aromatic rings. The molecular formula is C10H13NO4S. The van der Waals surface area contributed by atoms with Gasteiger partial charge in [0.1, 0.15) is 0 Å². The third-order valence-electron chi connectivity index (χ3n) is 1.94. The predicted octanol–water partition coefficient (Wildman–Crippen LogP) is 0.780. The summed E-state index contributed by atoms with van der Waals surface area (Å²) in [6.07, 6.45) is -0.367. The number of aromatic nitrogens is 1. The Balaban J connectivity index is 2.69. The number of carbonyl (C=O) groups is 1. The average molecular weight is 243 g/mol. The van der Waals surface area contributed by atoms with E-state index in [9.17, 15) is 13.2 Å². The molecule has 6 heteroatoms. The minimum absolute atomic E-state index is 0.206. The van der Waals surface area contributed by atoms with Gasteiger partial charge in [-0.3, -0.25) is 9.78 Å². The molecule has 0 radical (unpaired) electrons. The van der Waals surface area contributed by atoms with Gasteiger partial charge in [0.25, 0.3) is 0 Å². The molecule has 88 valence electrons. The molecule has 1 rings (SSSR count). The lowest BCUT2D eigenvalue weighted by Gasteiger charge is -2.03. The van der Waals surface area contributed by atoms with Crippen molar-refractivity contribution in [2.75, 3.05) is 5.75 Å². The molecule has 5 nitrogen and oxygen atoms in total. The zero-order chi connectivity index (χ0) is 12.2. The highest BCUT2D eigenvalue weighted by molar-refractivity contribution is 7.90. The monoisotopic (exact) mass is 243 g/mol. The van der Waals surface area contributed by atoms with Gasteiger partial charge in [0, 0.05) is 5.69 Å². The normalized spacial score (nSPS) is 11.3. The second kappa shape index (κ2) is 5.07. The van der Waals surface area contributed by atoms with Gasteiger partial charge in [-0.15, -0.1) is 0 Å². The molecule has 0 atom stereocenters. The van der Waals surface area contributed by atoms with Crippen molar-refractivity contribution in [3.05, 3.63) is 29.6 Å². The molecule has 1 heterocycles. The number of carboxylic acids is 1. The zero-order valence-corrected chi connectivity index (χ0v) is 9.70. The Hall–Kier alpha value is -1.43. The molecule has 0 aliphatic heterocycles. The van der Waals surface area contributed by atoms with Crippen molar-refractivity contribution in [3.8, 4) is 0 Å². The topological polar surface area (TPSA) is 84.3 Å². The van der Waals surface area contributed by atoms with E-state index < -0.39 is 15.8 Å². The number of hydrogen-bond donors (Lipinski definition) is 1. The smallest absolute Gasteiger partial charge is 0.304 e. The van der Waals surface area contributed by atoms with Crippen LogP contribution in [0.1, 0.15) is 17.8 Å². The Kier molecular flexibility index (Phi) is 4.00. The maximum absolute atomic E-state index is 11.5. The number of aryl methyl sites for hydroxylation is 1. The number of rotatable bonds is 5. The van der Waals surface area contributed by atoms with Crippen molar-refractivity contribution in [1.82, 2.24) is 4.98 Å². The SMILES string of the molecule is Cc1cccc(CS(=O)(=O)CCC(=O)O)n1. The number of aliphatic carboxylic acids is 1. The third kappa shape index (κ3) is 4.39. The molecule has 1 N–H and O–H groups in total. The fourth-order valence-electron chi connectivity index (χ4n) is 1.22. The summed E-state index contributed by atoms with van der Waals surface area (Å²) in [4.78, 5) is 14.3. The van der Waals surface area contributed by atoms with E-state index in [0.717, 1.165) is 5.69 Å². The molecule has 0 aliphatic rings. The van der Waals surface area contributed by atoms with Gasteiger partial charge in [-0.05, 0) is 19.1 Å². The molecule has 0 spiro atoms. The molecule has 0 aliphatic carbocycles. The summed E-state index contributed by atoms with van der Waals surface area (Å²) >= 11 is 0. The van der Waals surface area contributed by atoms with Crippen LogP contribution in [0.4, 0.5) is 0 Å². The van der Waals surface area contributed by atoms with Crippen LogP contribution in [-0.4, -0.2) is 30.2 Å². The van der Waals surface area contributed by atoms with Crippen LogP contribution in [0.5, 0.6) is 0 Å². The number of pyridine rings is 1. The number of sulfone groups is 1. The van der Waals surface area contributed by atoms with Crippen LogP contribution in [0.2, 0.25) is 0 Å². The Morgan fingerprint density at radius 3 is 2.69 bits per heavy atom. The molecule has 16 heavy (non-hydrogen) atoms. The van der Waals surface area contributed by atoms with Crippen LogP contribution in [0.3, 0.4) is 0 Å². The predicted molar refractivity (Wildman–Crippen MR) is 58.7 cm³/mol. The van der Waals surface area contributed by atoms with E-state index in [1.807, 2.05) is 0 Å². The largest absolute Gasteiger partial charge is 0.481 e. The number of hydrogen-bond acceptors (Lipinski definition) is 4. The molecular weight excluding hydrogens is 230 g/mol. The first kappa shape index (κ1) is 12.6. The van der Waals surface area contributed by atoms with E-state index in [4.69, 9.17) is 5.11 Å². The first-order valence-corrected chi connectivity index (χ1v) is 6.56. The summed E-state index contributed by atoms with van der Waals surface area (Å²) in [7, 11) is -3.39. The summed E-state index contributed by atoms with van der Waals surface area (Å²) in [6.45, 7) is 1.77. The van der Waals surface area contributed by atoms with E-state index >= 15 is 0 Å². The molecule has 0 fully saturated rings. The van der Waals surface area contributed by atoms with Crippen LogP contribution in [0.25, 0.3) is 0 Å². The van der Waals surface area contributed by atoms with E-state index in [-0.39, 0.29) is 17.9 Å². The van der Waals surface area contributed by atoms with Gasteiger partial charge in [-0.25, -0.2) is 8.42 Å². The summed E-state index contributed by atoms with van der Waals surface area (Å²) in [5.74, 6) is -1.67. The molecule has 0 aromatic carbocycles. The van der Waals surface area contributed by atoms with Gasteiger partial charge in [-0.1, -0.05) is 6.07 Å². The van der Waals surface area contributed by atoms with Gasteiger partial charge < -0.3 is 5.11 Å². The first-order valence-electron chi connectivity index (χ1n) is 4.74. The van der Waals surface area contributed by atoms with E-state index in [1.54, 1.807) is 25.1 Å². The van der Waals surface area contributed by atoms with Gasteiger partial charge in [0.05, 0.1) is 23.6 Å². The maximum atomic E-state index is 11.5. The Labute approximate surface area is 94.1 Å². The van der Waals surface area contributed by atoms with Crippen LogP contribution in [-0.2, 0) is 20.4 Å². The summed E-state index contributed by atoms with van der Waals surface area (Å²) in [5.41, 5.74) is 1.19. The lowest BCUT2D eigenvalue weighted by atomic mass is 10.3. The average Bonchev–Trinajstić information content (AvgIpc) is 2.14. The van der Waals surface area contributed by atoms with Crippen LogP contribution in [0.15, 0.2) is 18.2 Å². The van der Waals surface area contributed by atoms with Crippen molar-refractivity contribution < 1.29 is 18.3 Å². The minimum Gasteiger partial charge on any atom is -0.481 e. The number of nitrogens with zero attached hydrogens (tertiary/aromatic N) is 1. The Morgan fingerprint density at radius 2 is 2.12 bits per heavy atom. The van der Waals surface area contributed by atoms with Gasteiger partial charge in [-0.2, -0.15) is 0 Å². The van der Waals surface area contributed by atoms with Crippen molar-refractivity contribution in [2.24, 2.45) is 0 Å². The van der Waals surface area contributed by atoms with E-state index in [2.05, 4.69) is 4.98 Å². The van der Waals surface area contributed by atoms with E-state index in [1.165, 1.54) is 0 Å². The highest BCUT2D eigenvalue weighted by Gasteiger charge is 2.14. The molecule has 0 saturated carbocycles. The maximum Gasteiger partial charge on any atom is 0.304 e. The summed E-state index contributed by atoms with van der Waals surface area (Å²) < 4.78 is 23.0. The fraction of sp³-hybridized carbons (Fsp3) is 0.400. The molecule has 0 unspecified atom stereocenters. The van der Waals surface area contributed by atoms with Crippen molar-refractivity contribution >= 4 is 15.8 Å². The lowest BCUT2D eigenvalue weighted by Crippen LogP contribution is -2.13. The van der Waals surface area contributed by atoms with Crippen LogP contribution in [0, 0.1) is 6.92 Å². The first-order chi connectivity index (χ1) is 7.39. The highest BCUT2D eigenvalue weighted by atomic mass is 32.2. The Morgan fingerprint density at radius 1 is 1.44 bits per heavy atom. The van der Waals surface area contributed by atoms with Gasteiger partial charge >= 0.3 is 5.97 Å². The van der Waals surface area contributed by atoms with Crippen LogP contribution >= 0.6 is 0 Å². The molecule has 0 amide bonds. The number of carboxylic acid groups (broad SMARTS) is 1. The minimum atomic E-state index is -3.39. The standard InChI is InChI=1S/C10H13NO4S/c1-8-3-2-4-9(11-8)7-16(14,15)6-5-10(12)13/h2-4H,5-7H2,1H3,(H,12,13). The molecule has 0 saturated heterocycles. The quantitative estimate of drug-likeness (QED) is 0.826. The highest BCUT2D eigenvalue weighted by Crippen LogP contribution is 2.06. The van der Waals surface area contributed by atoms with Crippen molar-refractivity contribution in [3.63, 3.8) is 0 Å². The van der Waals surface area contributed by atoms with Gasteiger partial charge in [0.2, 0.25) is 0 Å². The van der Waals surface area contributed by atoms with E-state index in [0.29, 0.717) is 5.69 Å².